The van der Waals surface area contributed by atoms with Gasteiger partial charge in [0.15, 0.2) is 0 Å². The lowest BCUT2D eigenvalue weighted by Gasteiger charge is -2.35. The summed E-state index contributed by atoms with van der Waals surface area (Å²) in [7, 11) is 1.53. The lowest BCUT2D eigenvalue weighted by Crippen LogP contribution is -2.45. The number of methoxy groups -OCH3 is 1. The van der Waals surface area contributed by atoms with Crippen LogP contribution in [0.15, 0.2) is 24.3 Å². The molecule has 3 unspecified atom stereocenters. The van der Waals surface area contributed by atoms with Crippen LogP contribution in [0.25, 0.3) is 0 Å². The van der Waals surface area contributed by atoms with E-state index in [4.69, 9.17) is 15.2 Å². The Morgan fingerprint density at radius 3 is 2.58 bits per heavy atom. The number of hydrogen-bond acceptors (Lipinski definition) is 5. The Bertz CT molecular complexity index is 528. The number of nitrogens with two attached hydrogens (primary N) is 1. The molecule has 0 spiro atoms. The van der Waals surface area contributed by atoms with Crippen LogP contribution in [0.4, 0.5) is 0 Å². The second-order valence-electron chi connectivity index (χ2n) is 6.50. The molecule has 3 N–H and O–H groups in total. The number of ether oxygens (including phenoxy) is 2. The first kappa shape index (κ1) is 18.9. The number of rotatable bonds is 7. The third-order valence-electron chi connectivity index (χ3n) is 4.14. The summed E-state index contributed by atoms with van der Waals surface area (Å²) in [6.07, 6.45) is 0.486. The summed E-state index contributed by atoms with van der Waals surface area (Å²) in [5.41, 5.74) is 8.09. The zero-order chi connectivity index (χ0) is 17.5. The Labute approximate surface area is 144 Å². The largest absolute Gasteiger partial charge is 0.383 e. The van der Waals surface area contributed by atoms with E-state index >= 15 is 0 Å². The maximum absolute atomic E-state index is 12.0. The van der Waals surface area contributed by atoms with E-state index in [0.29, 0.717) is 6.54 Å². The average Bonchev–Trinajstić information content (AvgIpc) is 2.53. The minimum absolute atomic E-state index is 0.194. The van der Waals surface area contributed by atoms with E-state index in [1.54, 1.807) is 0 Å². The van der Waals surface area contributed by atoms with Crippen LogP contribution in [-0.4, -0.2) is 55.9 Å². The van der Waals surface area contributed by atoms with Crippen molar-refractivity contribution in [2.24, 2.45) is 5.73 Å². The number of amides is 1. The summed E-state index contributed by atoms with van der Waals surface area (Å²) in [6.45, 7) is 7.60. The molecule has 0 saturated carbocycles. The van der Waals surface area contributed by atoms with Crippen LogP contribution in [0, 0.1) is 0 Å². The fraction of sp³-hybridized carbons (Fsp3) is 0.611. The molecule has 1 fully saturated rings. The molecule has 3 atom stereocenters. The summed E-state index contributed by atoms with van der Waals surface area (Å²) in [5.74, 6) is -0.194. The molecule has 1 amide bonds. The van der Waals surface area contributed by atoms with Gasteiger partial charge in [-0.05, 0) is 25.0 Å². The molecule has 1 aliphatic rings. The van der Waals surface area contributed by atoms with Crippen LogP contribution in [0.1, 0.15) is 25.0 Å². The normalized spacial score (nSPS) is 23.0. The second kappa shape index (κ2) is 9.13. The Morgan fingerprint density at radius 2 is 1.96 bits per heavy atom. The summed E-state index contributed by atoms with van der Waals surface area (Å²) < 4.78 is 10.7. The Hall–Kier alpha value is -1.47. The van der Waals surface area contributed by atoms with Gasteiger partial charge in [0.25, 0.3) is 0 Å². The first-order valence-electron chi connectivity index (χ1n) is 8.46. The molecule has 1 aliphatic heterocycles. The van der Waals surface area contributed by atoms with Crippen molar-refractivity contribution in [3.8, 4) is 0 Å². The summed E-state index contributed by atoms with van der Waals surface area (Å²) >= 11 is 0. The SMILES string of the molecule is COCC(N)C(=O)NCc1ccccc1CN1CC(C)OC(C)C1. The average molecular weight is 335 g/mol. The molecule has 6 heteroatoms. The number of carbonyl (C=O) groups excluding carboxylic acids is 1. The fourth-order valence-corrected chi connectivity index (χ4v) is 3.11. The van der Waals surface area contributed by atoms with Gasteiger partial charge in [0.1, 0.15) is 6.04 Å². The fourth-order valence-electron chi connectivity index (χ4n) is 3.11. The van der Waals surface area contributed by atoms with E-state index in [0.717, 1.165) is 25.2 Å². The van der Waals surface area contributed by atoms with Gasteiger partial charge in [0.05, 0.1) is 18.8 Å². The molecule has 1 saturated heterocycles. The monoisotopic (exact) mass is 335 g/mol. The molecule has 1 aromatic carbocycles. The van der Waals surface area contributed by atoms with E-state index in [-0.39, 0.29) is 24.7 Å². The van der Waals surface area contributed by atoms with Crippen LogP contribution in [-0.2, 0) is 27.4 Å². The van der Waals surface area contributed by atoms with E-state index < -0.39 is 6.04 Å². The van der Waals surface area contributed by atoms with Crippen LogP contribution < -0.4 is 11.1 Å². The third-order valence-corrected chi connectivity index (χ3v) is 4.14. The molecule has 0 aliphatic carbocycles. The lowest BCUT2D eigenvalue weighted by atomic mass is 10.1. The number of nitrogens with one attached hydrogen (secondary N) is 1. The lowest BCUT2D eigenvalue weighted by molar-refractivity contribution is -0.123. The topological polar surface area (TPSA) is 76.8 Å². The van der Waals surface area contributed by atoms with E-state index in [1.807, 2.05) is 18.2 Å². The first-order chi connectivity index (χ1) is 11.5. The molecule has 2 rings (SSSR count). The van der Waals surface area contributed by atoms with E-state index in [1.165, 1.54) is 12.7 Å². The van der Waals surface area contributed by atoms with Crippen molar-refractivity contribution in [3.05, 3.63) is 35.4 Å². The van der Waals surface area contributed by atoms with Crippen molar-refractivity contribution < 1.29 is 14.3 Å². The highest BCUT2D eigenvalue weighted by Gasteiger charge is 2.22. The minimum Gasteiger partial charge on any atom is -0.383 e. The molecule has 1 heterocycles. The van der Waals surface area contributed by atoms with Crippen molar-refractivity contribution in [3.63, 3.8) is 0 Å². The first-order valence-corrected chi connectivity index (χ1v) is 8.46. The quantitative estimate of drug-likeness (QED) is 0.774. The second-order valence-corrected chi connectivity index (χ2v) is 6.50. The highest BCUT2D eigenvalue weighted by Crippen LogP contribution is 2.17. The summed E-state index contributed by atoms with van der Waals surface area (Å²) in [5, 5.41) is 2.89. The van der Waals surface area contributed by atoms with Gasteiger partial charge in [-0.25, -0.2) is 0 Å². The molecule has 6 nitrogen and oxygen atoms in total. The van der Waals surface area contributed by atoms with Gasteiger partial charge >= 0.3 is 0 Å². The number of hydrogen-bond donors (Lipinski definition) is 2. The van der Waals surface area contributed by atoms with Crippen molar-refractivity contribution >= 4 is 5.91 Å². The molecule has 24 heavy (non-hydrogen) atoms. The zero-order valence-electron chi connectivity index (χ0n) is 14.8. The van der Waals surface area contributed by atoms with Gasteiger partial charge in [-0.1, -0.05) is 24.3 Å². The van der Waals surface area contributed by atoms with Crippen LogP contribution in [0.2, 0.25) is 0 Å². The molecular formula is C18H29N3O3. The maximum Gasteiger partial charge on any atom is 0.239 e. The van der Waals surface area contributed by atoms with E-state index in [9.17, 15) is 4.79 Å². The Balaban J connectivity index is 1.96. The van der Waals surface area contributed by atoms with Gasteiger partial charge < -0.3 is 20.5 Å². The standard InChI is InChI=1S/C18H29N3O3/c1-13-9-21(10-14(2)24-13)11-16-7-5-4-6-15(16)8-20-18(22)17(19)12-23-3/h4-7,13-14,17H,8-12,19H2,1-3H3,(H,20,22). The number of benzene rings is 1. The molecule has 134 valence electrons. The zero-order valence-corrected chi connectivity index (χ0v) is 14.8. The highest BCUT2D eigenvalue weighted by atomic mass is 16.5. The summed E-state index contributed by atoms with van der Waals surface area (Å²) in [4.78, 5) is 14.3. The smallest absolute Gasteiger partial charge is 0.239 e. The number of morpholine rings is 1. The van der Waals surface area contributed by atoms with Crippen LogP contribution in [0.3, 0.4) is 0 Å². The van der Waals surface area contributed by atoms with Crippen LogP contribution in [0.5, 0.6) is 0 Å². The van der Waals surface area contributed by atoms with Crippen LogP contribution >= 0.6 is 0 Å². The van der Waals surface area contributed by atoms with Crippen molar-refractivity contribution in [1.82, 2.24) is 10.2 Å². The van der Waals surface area contributed by atoms with Crippen molar-refractivity contribution in [2.75, 3.05) is 26.8 Å². The number of nitrogens with zero attached hydrogens (tertiary/aromatic N) is 1. The predicted molar refractivity (Wildman–Crippen MR) is 93.4 cm³/mol. The number of carbonyl (C=O) groups is 1. The summed E-state index contributed by atoms with van der Waals surface area (Å²) in [6, 6.07) is 7.55. The Kier molecular flexibility index (Phi) is 7.17. The predicted octanol–water partition coefficient (Wildman–Crippen LogP) is 0.886. The maximum atomic E-state index is 12.0. The highest BCUT2D eigenvalue weighted by molar-refractivity contribution is 5.81. The Morgan fingerprint density at radius 1 is 1.33 bits per heavy atom. The molecule has 0 radical (unpaired) electrons. The van der Waals surface area contributed by atoms with Gasteiger partial charge in [-0.15, -0.1) is 0 Å². The molecular weight excluding hydrogens is 306 g/mol. The van der Waals surface area contributed by atoms with Crippen molar-refractivity contribution in [2.45, 2.75) is 45.2 Å². The molecule has 1 aromatic rings. The van der Waals surface area contributed by atoms with Gasteiger partial charge in [-0.3, -0.25) is 9.69 Å². The minimum atomic E-state index is -0.636. The van der Waals surface area contributed by atoms with Gasteiger partial charge in [0.2, 0.25) is 5.91 Å². The van der Waals surface area contributed by atoms with E-state index in [2.05, 4.69) is 30.1 Å². The molecule has 0 bridgehead atoms. The van der Waals surface area contributed by atoms with Gasteiger partial charge in [-0.2, -0.15) is 0 Å². The third kappa shape index (κ3) is 5.56. The molecule has 0 aromatic heterocycles. The van der Waals surface area contributed by atoms with Gasteiger partial charge in [0, 0.05) is 33.3 Å². The van der Waals surface area contributed by atoms with Crippen molar-refractivity contribution in [1.29, 1.82) is 0 Å².